The van der Waals surface area contributed by atoms with Crippen LogP contribution in [0.25, 0.3) is 11.0 Å². The summed E-state index contributed by atoms with van der Waals surface area (Å²) in [6, 6.07) is 6.55. The van der Waals surface area contributed by atoms with Gasteiger partial charge in [-0.2, -0.15) is 0 Å². The number of nitrogens with one attached hydrogen (secondary N) is 3. The molecule has 3 aromatic rings. The molecular weight excluding hydrogens is 492 g/mol. The molecule has 0 saturated heterocycles. The number of carbonyl (C=O) groups is 3. The lowest BCUT2D eigenvalue weighted by atomic mass is 10.2. The molecule has 174 valence electrons. The van der Waals surface area contributed by atoms with Crippen molar-refractivity contribution in [2.24, 2.45) is 7.05 Å². The predicted molar refractivity (Wildman–Crippen MR) is 130 cm³/mol. The fourth-order valence-corrected chi connectivity index (χ4v) is 3.12. The van der Waals surface area contributed by atoms with Gasteiger partial charge in [-0.25, -0.2) is 4.98 Å². The standard InChI is InChI=1S/C22H25BrN6O4/c1-13(23)20(30)25-15-6-7-16-14(10-15)11-17(33-16)21(31)27-18-12-29(4)19(26-18)22(32)24-8-5-9-28(2)3/h6-7,10-12H,1,5,8-9H2,2-4H3,(H,24,32)(H,25,30)(H,27,31). The van der Waals surface area contributed by atoms with Gasteiger partial charge in [-0.05, 0) is 67.3 Å². The largest absolute Gasteiger partial charge is 0.451 e. The maximum atomic E-state index is 12.7. The number of aryl methyl sites for hydroxylation is 1. The zero-order chi connectivity index (χ0) is 24.1. The summed E-state index contributed by atoms with van der Waals surface area (Å²) in [6.07, 6.45) is 2.37. The van der Waals surface area contributed by atoms with Crippen LogP contribution >= 0.6 is 15.9 Å². The van der Waals surface area contributed by atoms with Gasteiger partial charge in [0.15, 0.2) is 11.6 Å². The first-order valence-electron chi connectivity index (χ1n) is 10.1. The predicted octanol–water partition coefficient (Wildman–Crippen LogP) is 2.95. The Morgan fingerprint density at radius 1 is 1.18 bits per heavy atom. The average Bonchev–Trinajstić information content (AvgIpc) is 3.33. The van der Waals surface area contributed by atoms with Crippen LogP contribution in [-0.2, 0) is 11.8 Å². The van der Waals surface area contributed by atoms with Crippen molar-refractivity contribution in [3.63, 3.8) is 0 Å². The number of nitrogens with zero attached hydrogens (tertiary/aromatic N) is 3. The fourth-order valence-electron chi connectivity index (χ4n) is 3.02. The van der Waals surface area contributed by atoms with E-state index in [0.29, 0.717) is 23.2 Å². The molecular formula is C22H25BrN6O4. The van der Waals surface area contributed by atoms with E-state index in [1.54, 1.807) is 42.1 Å². The van der Waals surface area contributed by atoms with Crippen molar-refractivity contribution in [2.75, 3.05) is 37.8 Å². The van der Waals surface area contributed by atoms with Crippen molar-refractivity contribution in [1.29, 1.82) is 0 Å². The van der Waals surface area contributed by atoms with Gasteiger partial charge in [0, 0.05) is 30.9 Å². The second-order valence-corrected chi connectivity index (χ2v) is 8.61. The number of anilines is 2. The molecule has 0 saturated carbocycles. The summed E-state index contributed by atoms with van der Waals surface area (Å²) in [6.45, 7) is 4.91. The van der Waals surface area contributed by atoms with Crippen molar-refractivity contribution in [3.05, 3.63) is 53.1 Å². The molecule has 1 aromatic carbocycles. The first-order chi connectivity index (χ1) is 15.6. The number of amides is 3. The highest BCUT2D eigenvalue weighted by Crippen LogP contribution is 2.24. The normalized spacial score (nSPS) is 10.9. The molecule has 0 spiro atoms. The molecule has 2 aromatic heterocycles. The summed E-state index contributed by atoms with van der Waals surface area (Å²) in [7, 11) is 5.61. The van der Waals surface area contributed by atoms with Crippen LogP contribution in [0, 0.1) is 0 Å². The van der Waals surface area contributed by atoms with Gasteiger partial charge >= 0.3 is 0 Å². The van der Waals surface area contributed by atoms with Crippen LogP contribution < -0.4 is 16.0 Å². The summed E-state index contributed by atoms with van der Waals surface area (Å²) >= 11 is 3.03. The van der Waals surface area contributed by atoms with Crippen molar-refractivity contribution in [2.45, 2.75) is 6.42 Å². The summed E-state index contributed by atoms with van der Waals surface area (Å²) in [5, 5.41) is 8.77. The molecule has 2 heterocycles. The Kier molecular flexibility index (Phi) is 7.67. The first kappa shape index (κ1) is 24.2. The van der Waals surface area contributed by atoms with E-state index in [-0.39, 0.29) is 33.7 Å². The van der Waals surface area contributed by atoms with E-state index in [9.17, 15) is 14.4 Å². The quantitative estimate of drug-likeness (QED) is 0.297. The number of hydrogen-bond acceptors (Lipinski definition) is 6. The van der Waals surface area contributed by atoms with Crippen LogP contribution in [0.4, 0.5) is 11.5 Å². The van der Waals surface area contributed by atoms with Crippen LogP contribution in [-0.4, -0.2) is 59.4 Å². The smallest absolute Gasteiger partial charge is 0.292 e. The van der Waals surface area contributed by atoms with Gasteiger partial charge in [0.1, 0.15) is 5.58 Å². The lowest BCUT2D eigenvalue weighted by Crippen LogP contribution is -2.29. The van der Waals surface area contributed by atoms with Crippen molar-refractivity contribution >= 4 is 56.1 Å². The van der Waals surface area contributed by atoms with Gasteiger partial charge in [0.05, 0.1) is 4.48 Å². The molecule has 0 aliphatic carbocycles. The molecule has 3 amide bonds. The van der Waals surface area contributed by atoms with Gasteiger partial charge in [0.2, 0.25) is 5.82 Å². The lowest BCUT2D eigenvalue weighted by molar-refractivity contribution is -0.112. The Morgan fingerprint density at radius 2 is 1.94 bits per heavy atom. The third-order valence-electron chi connectivity index (χ3n) is 4.63. The van der Waals surface area contributed by atoms with Gasteiger partial charge in [-0.3, -0.25) is 14.4 Å². The van der Waals surface area contributed by atoms with E-state index >= 15 is 0 Å². The highest BCUT2D eigenvalue weighted by molar-refractivity contribution is 9.12. The zero-order valence-corrected chi connectivity index (χ0v) is 20.2. The van der Waals surface area contributed by atoms with E-state index in [1.165, 1.54) is 0 Å². The Morgan fingerprint density at radius 3 is 2.64 bits per heavy atom. The topological polar surface area (TPSA) is 122 Å². The average molecular weight is 517 g/mol. The Balaban J connectivity index is 1.66. The number of fused-ring (bicyclic) bond motifs is 1. The number of imidazole rings is 1. The third kappa shape index (κ3) is 6.30. The highest BCUT2D eigenvalue weighted by atomic mass is 79.9. The van der Waals surface area contributed by atoms with Crippen LogP contribution in [0.3, 0.4) is 0 Å². The van der Waals surface area contributed by atoms with Crippen LogP contribution in [0.15, 0.2) is 45.9 Å². The Labute approximate surface area is 199 Å². The molecule has 0 radical (unpaired) electrons. The number of rotatable bonds is 9. The van der Waals surface area contributed by atoms with Crippen LogP contribution in [0.5, 0.6) is 0 Å². The van der Waals surface area contributed by atoms with E-state index in [0.717, 1.165) is 13.0 Å². The highest BCUT2D eigenvalue weighted by Gasteiger charge is 2.18. The van der Waals surface area contributed by atoms with Crippen LogP contribution in [0.2, 0.25) is 0 Å². The third-order valence-corrected chi connectivity index (χ3v) is 4.99. The maximum Gasteiger partial charge on any atom is 0.292 e. The fraction of sp³-hybridized carbons (Fsp3) is 0.273. The number of aromatic nitrogens is 2. The maximum absolute atomic E-state index is 12.7. The number of carbonyl (C=O) groups excluding carboxylic acids is 3. The SMILES string of the molecule is C=C(Br)C(=O)Nc1ccc2oc(C(=O)Nc3cn(C)c(C(=O)NCCCN(C)C)n3)cc2c1. The molecule has 0 fully saturated rings. The van der Waals surface area contributed by atoms with Gasteiger partial charge in [0.25, 0.3) is 17.7 Å². The van der Waals surface area contributed by atoms with Crippen molar-refractivity contribution in [1.82, 2.24) is 19.8 Å². The minimum absolute atomic E-state index is 0.0683. The number of hydrogen-bond donors (Lipinski definition) is 3. The monoisotopic (exact) mass is 516 g/mol. The molecule has 3 N–H and O–H groups in total. The molecule has 3 rings (SSSR count). The summed E-state index contributed by atoms with van der Waals surface area (Å²) < 4.78 is 7.35. The summed E-state index contributed by atoms with van der Waals surface area (Å²) in [5.41, 5.74) is 1.02. The minimum Gasteiger partial charge on any atom is -0.451 e. The van der Waals surface area contributed by atoms with E-state index in [1.807, 2.05) is 19.0 Å². The zero-order valence-electron chi connectivity index (χ0n) is 18.6. The number of benzene rings is 1. The van der Waals surface area contributed by atoms with Gasteiger partial charge < -0.3 is 29.8 Å². The Bertz CT molecular complexity index is 1210. The van der Waals surface area contributed by atoms with Gasteiger partial charge in [-0.15, -0.1) is 0 Å². The summed E-state index contributed by atoms with van der Waals surface area (Å²) in [5.74, 6) is -0.719. The second-order valence-electron chi connectivity index (χ2n) is 7.65. The van der Waals surface area contributed by atoms with Crippen molar-refractivity contribution < 1.29 is 18.8 Å². The molecule has 0 bridgehead atoms. The molecule has 0 unspecified atom stereocenters. The van der Waals surface area contributed by atoms with Crippen molar-refractivity contribution in [3.8, 4) is 0 Å². The molecule has 11 heteroatoms. The number of halogens is 1. The molecule has 33 heavy (non-hydrogen) atoms. The van der Waals surface area contributed by atoms with Gasteiger partial charge in [-0.1, -0.05) is 6.58 Å². The summed E-state index contributed by atoms with van der Waals surface area (Å²) in [4.78, 5) is 43.0. The minimum atomic E-state index is -0.512. The van der Waals surface area contributed by atoms with E-state index < -0.39 is 5.91 Å². The first-order valence-corrected chi connectivity index (χ1v) is 10.9. The lowest BCUT2D eigenvalue weighted by Gasteiger charge is -2.09. The number of furan rings is 1. The molecule has 0 aliphatic rings. The van der Waals surface area contributed by atoms with Crippen LogP contribution in [0.1, 0.15) is 27.6 Å². The van der Waals surface area contributed by atoms with E-state index in [2.05, 4.69) is 43.4 Å². The molecule has 10 nitrogen and oxygen atoms in total. The van der Waals surface area contributed by atoms with E-state index in [4.69, 9.17) is 4.42 Å². The Hall–Kier alpha value is -3.44. The molecule has 0 aliphatic heterocycles. The second kappa shape index (κ2) is 10.5. The molecule has 0 atom stereocenters.